The number of hydrogen-bond donors (Lipinski definition) is 5. The summed E-state index contributed by atoms with van der Waals surface area (Å²) in [5.41, 5.74) is -0.642. The largest absolute Gasteiger partial charge is 0.388 e. The highest BCUT2D eigenvalue weighted by molar-refractivity contribution is 7.99. The summed E-state index contributed by atoms with van der Waals surface area (Å²) in [7, 11) is 0. The van der Waals surface area contributed by atoms with Gasteiger partial charge < -0.3 is 30.7 Å². The van der Waals surface area contributed by atoms with Crippen molar-refractivity contribution >= 4 is 17.7 Å². The molecule has 3 fully saturated rings. The lowest BCUT2D eigenvalue weighted by atomic mass is 9.86. The Morgan fingerprint density at radius 1 is 1.10 bits per heavy atom. The van der Waals surface area contributed by atoms with E-state index in [4.69, 9.17) is 4.74 Å². The number of carbonyl (C=O) groups is 1. The number of thioether (sulfide) groups is 1. The third kappa shape index (κ3) is 5.86. The van der Waals surface area contributed by atoms with E-state index in [9.17, 15) is 20.1 Å². The van der Waals surface area contributed by atoms with Crippen molar-refractivity contribution in [3.8, 4) is 0 Å². The zero-order valence-corrected chi connectivity index (χ0v) is 18.6. The lowest BCUT2D eigenvalue weighted by Gasteiger charge is -2.44. The molecule has 0 spiro atoms. The van der Waals surface area contributed by atoms with Crippen molar-refractivity contribution in [3.05, 3.63) is 0 Å². The first kappa shape index (κ1) is 23.3. The molecule has 7 nitrogen and oxygen atoms in total. The van der Waals surface area contributed by atoms with Crippen molar-refractivity contribution in [1.82, 2.24) is 10.6 Å². The fraction of sp³-hybridized carbons (Fsp3) is 0.952. The summed E-state index contributed by atoms with van der Waals surface area (Å²) in [6, 6.07) is -0.690. The molecule has 0 aromatic carbocycles. The second kappa shape index (κ2) is 10.3. The molecule has 168 valence electrons. The monoisotopic (exact) mass is 430 g/mol. The summed E-state index contributed by atoms with van der Waals surface area (Å²) >= 11 is 1.28. The minimum absolute atomic E-state index is 0.00203. The summed E-state index contributed by atoms with van der Waals surface area (Å²) in [6.07, 6.45) is 4.47. The first-order chi connectivity index (χ1) is 13.8. The lowest BCUT2D eigenvalue weighted by molar-refractivity contribution is -0.208. The molecule has 0 bridgehead atoms. The molecule has 2 heterocycles. The highest BCUT2D eigenvalue weighted by atomic mass is 32.2. The minimum Gasteiger partial charge on any atom is -0.388 e. The Morgan fingerprint density at radius 3 is 2.41 bits per heavy atom. The van der Waals surface area contributed by atoms with Crippen LogP contribution in [-0.2, 0) is 9.53 Å². The molecule has 3 aliphatic rings. The van der Waals surface area contributed by atoms with E-state index in [1.54, 1.807) is 6.26 Å². The zero-order chi connectivity index (χ0) is 21.1. The van der Waals surface area contributed by atoms with Gasteiger partial charge in [-0.1, -0.05) is 39.5 Å². The first-order valence-corrected chi connectivity index (χ1v) is 12.4. The van der Waals surface area contributed by atoms with Gasteiger partial charge in [0.05, 0.1) is 12.1 Å². The van der Waals surface area contributed by atoms with E-state index in [-0.39, 0.29) is 17.9 Å². The molecular weight excluding hydrogens is 392 g/mol. The van der Waals surface area contributed by atoms with E-state index in [0.29, 0.717) is 5.92 Å². The molecule has 3 rings (SSSR count). The molecule has 2 saturated heterocycles. The van der Waals surface area contributed by atoms with E-state index >= 15 is 0 Å². The summed E-state index contributed by atoms with van der Waals surface area (Å²) in [5, 5.41) is 37.3. The predicted molar refractivity (Wildman–Crippen MR) is 113 cm³/mol. The minimum atomic E-state index is -1.30. The van der Waals surface area contributed by atoms with Crippen molar-refractivity contribution in [2.75, 3.05) is 12.8 Å². The van der Waals surface area contributed by atoms with Gasteiger partial charge in [0.25, 0.3) is 0 Å². The Bertz CT molecular complexity index is 545. The Labute approximate surface area is 178 Å². The quantitative estimate of drug-likeness (QED) is 0.388. The molecule has 8 unspecified atom stereocenters. The molecule has 1 amide bonds. The predicted octanol–water partition coefficient (Wildman–Crippen LogP) is 0.856. The molecule has 1 saturated carbocycles. The van der Waals surface area contributed by atoms with Gasteiger partial charge in [0.1, 0.15) is 29.9 Å². The summed E-state index contributed by atoms with van der Waals surface area (Å²) in [5.74, 6) is 1.42. The van der Waals surface area contributed by atoms with E-state index < -0.39 is 35.9 Å². The standard InChI is InChI=1S/C21H38N2O5S/c1-11(2)15(19-17(25)16(24)18(26)21(28-19)29-3)23-20(27)14-10-13(8-9-22-14)7-6-12-4-5-12/h11-19,21-22,24-26H,4-10H2,1-3H3,(H,23,27). The highest BCUT2D eigenvalue weighted by Crippen LogP contribution is 2.36. The van der Waals surface area contributed by atoms with Crippen LogP contribution in [0.1, 0.15) is 52.4 Å². The number of hydrogen-bond acceptors (Lipinski definition) is 7. The van der Waals surface area contributed by atoms with Gasteiger partial charge in [-0.15, -0.1) is 11.8 Å². The fourth-order valence-corrected chi connectivity index (χ4v) is 5.27. The van der Waals surface area contributed by atoms with Crippen molar-refractivity contribution in [1.29, 1.82) is 0 Å². The number of ether oxygens (including phenoxy) is 1. The maximum atomic E-state index is 13.0. The average Bonchev–Trinajstić information content (AvgIpc) is 3.54. The number of rotatable bonds is 8. The van der Waals surface area contributed by atoms with Crippen molar-refractivity contribution < 1.29 is 24.9 Å². The van der Waals surface area contributed by atoms with Crippen LogP contribution in [0.25, 0.3) is 0 Å². The number of amides is 1. The molecule has 0 radical (unpaired) electrons. The van der Waals surface area contributed by atoms with Crippen LogP contribution in [-0.4, -0.2) is 76.0 Å². The van der Waals surface area contributed by atoms with Crippen LogP contribution in [0.5, 0.6) is 0 Å². The SMILES string of the molecule is CSC1OC(C(NC(=O)C2CC(CCC3CC3)CCN2)C(C)C)C(O)C(O)C1O. The van der Waals surface area contributed by atoms with Gasteiger partial charge in [0, 0.05) is 0 Å². The number of aliphatic hydroxyl groups excluding tert-OH is 3. The van der Waals surface area contributed by atoms with Crippen LogP contribution in [0, 0.1) is 17.8 Å². The van der Waals surface area contributed by atoms with Crippen LogP contribution < -0.4 is 10.6 Å². The molecular formula is C21H38N2O5S. The van der Waals surface area contributed by atoms with Crippen LogP contribution >= 0.6 is 11.8 Å². The molecule has 0 aromatic heterocycles. The normalized spacial score (nSPS) is 39.3. The third-order valence-electron chi connectivity index (χ3n) is 6.73. The maximum absolute atomic E-state index is 13.0. The summed E-state index contributed by atoms with van der Waals surface area (Å²) in [4.78, 5) is 13.0. The van der Waals surface area contributed by atoms with Crippen LogP contribution in [0.3, 0.4) is 0 Å². The number of piperidine rings is 1. The van der Waals surface area contributed by atoms with Crippen LogP contribution in [0.4, 0.5) is 0 Å². The number of nitrogens with one attached hydrogen (secondary N) is 2. The second-order valence-electron chi connectivity index (χ2n) is 9.37. The molecule has 1 aliphatic carbocycles. The van der Waals surface area contributed by atoms with E-state index in [1.165, 1.54) is 37.4 Å². The third-order valence-corrected chi connectivity index (χ3v) is 7.58. The van der Waals surface area contributed by atoms with Crippen molar-refractivity contribution in [3.63, 3.8) is 0 Å². The Morgan fingerprint density at radius 2 is 1.79 bits per heavy atom. The van der Waals surface area contributed by atoms with Gasteiger partial charge in [-0.3, -0.25) is 4.79 Å². The van der Waals surface area contributed by atoms with Crippen LogP contribution in [0.2, 0.25) is 0 Å². The first-order valence-electron chi connectivity index (χ1n) is 11.1. The van der Waals surface area contributed by atoms with Crippen molar-refractivity contribution in [2.45, 2.75) is 94.3 Å². The second-order valence-corrected chi connectivity index (χ2v) is 10.3. The molecule has 8 heteroatoms. The summed E-state index contributed by atoms with van der Waals surface area (Å²) in [6.45, 7) is 4.76. The van der Waals surface area contributed by atoms with Gasteiger partial charge >= 0.3 is 0 Å². The Hall–Kier alpha value is -0.380. The fourth-order valence-electron chi connectivity index (χ4n) is 4.59. The number of aliphatic hydroxyl groups is 3. The van der Waals surface area contributed by atoms with E-state index in [0.717, 1.165) is 25.3 Å². The maximum Gasteiger partial charge on any atom is 0.237 e. The molecule has 5 N–H and O–H groups in total. The molecule has 2 aliphatic heterocycles. The van der Waals surface area contributed by atoms with Gasteiger partial charge in [-0.2, -0.15) is 0 Å². The Kier molecular flexibility index (Phi) is 8.26. The average molecular weight is 431 g/mol. The topological polar surface area (TPSA) is 111 Å². The number of carbonyl (C=O) groups excluding carboxylic acids is 1. The van der Waals surface area contributed by atoms with Gasteiger partial charge in [-0.05, 0) is 43.4 Å². The Balaban J connectivity index is 1.60. The lowest BCUT2D eigenvalue weighted by Crippen LogP contribution is -2.65. The molecule has 29 heavy (non-hydrogen) atoms. The van der Waals surface area contributed by atoms with Gasteiger partial charge in [0.2, 0.25) is 5.91 Å². The van der Waals surface area contributed by atoms with E-state index in [2.05, 4.69) is 10.6 Å². The van der Waals surface area contributed by atoms with Gasteiger partial charge in [-0.25, -0.2) is 0 Å². The molecule has 0 aromatic rings. The highest BCUT2D eigenvalue weighted by Gasteiger charge is 2.47. The van der Waals surface area contributed by atoms with Crippen molar-refractivity contribution in [2.24, 2.45) is 17.8 Å². The van der Waals surface area contributed by atoms with Gasteiger partial charge in [0.15, 0.2) is 0 Å². The van der Waals surface area contributed by atoms with Crippen LogP contribution in [0.15, 0.2) is 0 Å². The smallest absolute Gasteiger partial charge is 0.237 e. The molecule has 8 atom stereocenters. The summed E-state index contributed by atoms with van der Waals surface area (Å²) < 4.78 is 5.90. The zero-order valence-electron chi connectivity index (χ0n) is 17.8. The van der Waals surface area contributed by atoms with E-state index in [1.807, 2.05) is 13.8 Å².